The second kappa shape index (κ2) is 6.90. The molecule has 1 N–H and O–H groups in total. The summed E-state index contributed by atoms with van der Waals surface area (Å²) in [6, 6.07) is 6.14. The van der Waals surface area contributed by atoms with Crippen LogP contribution in [-0.2, 0) is 15.0 Å². The first-order chi connectivity index (χ1) is 10.5. The summed E-state index contributed by atoms with van der Waals surface area (Å²) >= 11 is 0. The number of hydrogen-bond donors (Lipinski definition) is 1. The third-order valence-electron chi connectivity index (χ3n) is 4.52. The molecule has 0 spiro atoms. The van der Waals surface area contributed by atoms with E-state index < -0.39 is 11.4 Å². The van der Waals surface area contributed by atoms with Crippen LogP contribution < -0.4 is 0 Å². The van der Waals surface area contributed by atoms with Crippen molar-refractivity contribution in [1.29, 1.82) is 0 Å². The van der Waals surface area contributed by atoms with Crippen molar-refractivity contribution in [3.8, 4) is 0 Å². The van der Waals surface area contributed by atoms with Crippen LogP contribution in [0.2, 0.25) is 0 Å². The highest BCUT2D eigenvalue weighted by Gasteiger charge is 2.42. The monoisotopic (exact) mass is 307 g/mol. The van der Waals surface area contributed by atoms with Crippen LogP contribution in [0.3, 0.4) is 0 Å². The summed E-state index contributed by atoms with van der Waals surface area (Å²) in [6.07, 6.45) is 4.40. The lowest BCUT2D eigenvalue weighted by Gasteiger charge is -2.39. The fourth-order valence-corrected chi connectivity index (χ4v) is 3.28. The van der Waals surface area contributed by atoms with E-state index in [0.717, 1.165) is 37.7 Å². The lowest BCUT2D eigenvalue weighted by Crippen LogP contribution is -2.47. The minimum atomic E-state index is -0.917. The van der Waals surface area contributed by atoms with Crippen molar-refractivity contribution in [3.05, 3.63) is 35.6 Å². The number of benzene rings is 1. The first-order valence-electron chi connectivity index (χ1n) is 7.69. The largest absolute Gasteiger partial charge is 0.481 e. The molecule has 0 heterocycles. The van der Waals surface area contributed by atoms with Crippen LogP contribution in [0.4, 0.5) is 4.39 Å². The van der Waals surface area contributed by atoms with E-state index in [1.54, 1.807) is 19.2 Å². The summed E-state index contributed by atoms with van der Waals surface area (Å²) in [5.74, 6) is -1.29. The van der Waals surface area contributed by atoms with E-state index in [4.69, 9.17) is 5.11 Å². The van der Waals surface area contributed by atoms with Crippen molar-refractivity contribution >= 4 is 11.9 Å². The van der Waals surface area contributed by atoms with Gasteiger partial charge in [0.15, 0.2) is 0 Å². The van der Waals surface area contributed by atoms with E-state index in [1.165, 1.54) is 17.0 Å². The fraction of sp³-hybridized carbons (Fsp3) is 0.529. The first kappa shape index (κ1) is 16.5. The molecule has 1 aliphatic rings. The highest BCUT2D eigenvalue weighted by atomic mass is 19.1. The molecule has 0 saturated heterocycles. The first-order valence-corrected chi connectivity index (χ1v) is 7.69. The van der Waals surface area contributed by atoms with Crippen molar-refractivity contribution in [2.45, 2.75) is 43.9 Å². The smallest absolute Gasteiger partial charge is 0.305 e. The van der Waals surface area contributed by atoms with E-state index in [0.29, 0.717) is 0 Å². The molecule has 0 radical (unpaired) electrons. The Labute approximate surface area is 129 Å². The fourth-order valence-electron chi connectivity index (χ4n) is 3.28. The molecule has 1 saturated carbocycles. The Morgan fingerprint density at radius 1 is 1.18 bits per heavy atom. The number of aliphatic carboxylic acids is 1. The third-order valence-corrected chi connectivity index (χ3v) is 4.52. The number of rotatable bonds is 5. The Hall–Kier alpha value is -1.91. The van der Waals surface area contributed by atoms with Crippen molar-refractivity contribution in [2.24, 2.45) is 0 Å². The van der Waals surface area contributed by atoms with Crippen molar-refractivity contribution in [3.63, 3.8) is 0 Å². The minimum Gasteiger partial charge on any atom is -0.481 e. The summed E-state index contributed by atoms with van der Waals surface area (Å²) in [7, 11) is 1.64. The van der Waals surface area contributed by atoms with Crippen molar-refractivity contribution in [1.82, 2.24) is 4.90 Å². The highest BCUT2D eigenvalue weighted by Crippen LogP contribution is 2.41. The number of carboxylic acid groups (broad SMARTS) is 1. The molecule has 1 aromatic carbocycles. The maximum atomic E-state index is 13.2. The molecule has 5 heteroatoms. The summed E-state index contributed by atoms with van der Waals surface area (Å²) in [5.41, 5.74) is 0.194. The van der Waals surface area contributed by atoms with E-state index in [1.807, 2.05) is 0 Å². The predicted molar refractivity (Wildman–Crippen MR) is 81.1 cm³/mol. The maximum absolute atomic E-state index is 13.2. The van der Waals surface area contributed by atoms with Crippen LogP contribution in [0.1, 0.15) is 44.1 Å². The average molecular weight is 307 g/mol. The van der Waals surface area contributed by atoms with E-state index in [9.17, 15) is 14.0 Å². The van der Waals surface area contributed by atoms with Crippen molar-refractivity contribution < 1.29 is 19.1 Å². The molecule has 0 aromatic heterocycles. The number of carbonyl (C=O) groups excluding carboxylic acids is 1. The number of hydrogen-bond acceptors (Lipinski definition) is 2. The Morgan fingerprint density at radius 3 is 2.32 bits per heavy atom. The van der Waals surface area contributed by atoms with Crippen molar-refractivity contribution in [2.75, 3.05) is 13.6 Å². The lowest BCUT2D eigenvalue weighted by atomic mass is 9.68. The van der Waals surface area contributed by atoms with E-state index in [-0.39, 0.29) is 24.7 Å². The number of halogens is 1. The molecule has 0 atom stereocenters. The number of carbonyl (C=O) groups is 2. The Morgan fingerprint density at radius 2 is 1.77 bits per heavy atom. The molecular weight excluding hydrogens is 285 g/mol. The topological polar surface area (TPSA) is 57.6 Å². The molecule has 1 amide bonds. The van der Waals surface area contributed by atoms with Gasteiger partial charge in [0.25, 0.3) is 0 Å². The summed E-state index contributed by atoms with van der Waals surface area (Å²) in [6.45, 7) is 0.192. The summed E-state index contributed by atoms with van der Waals surface area (Å²) in [5, 5.41) is 8.79. The summed E-state index contributed by atoms with van der Waals surface area (Å²) < 4.78 is 13.2. The number of amides is 1. The van der Waals surface area contributed by atoms with Crippen LogP contribution in [0.25, 0.3) is 0 Å². The van der Waals surface area contributed by atoms with Gasteiger partial charge in [0.05, 0.1) is 11.8 Å². The zero-order valence-electron chi connectivity index (χ0n) is 12.8. The van der Waals surface area contributed by atoms with Gasteiger partial charge in [-0.25, -0.2) is 4.39 Å². The zero-order valence-corrected chi connectivity index (χ0v) is 12.8. The normalized spacial score (nSPS) is 17.0. The van der Waals surface area contributed by atoms with Crippen LogP contribution >= 0.6 is 0 Å². The Bertz CT molecular complexity index is 535. The molecule has 2 rings (SSSR count). The van der Waals surface area contributed by atoms with Crippen LogP contribution in [0, 0.1) is 5.82 Å². The van der Waals surface area contributed by atoms with E-state index >= 15 is 0 Å². The molecule has 0 bridgehead atoms. The molecular formula is C17H22FNO3. The van der Waals surface area contributed by atoms with Gasteiger partial charge in [0.2, 0.25) is 5.91 Å². The second-order valence-corrected chi connectivity index (χ2v) is 6.02. The van der Waals surface area contributed by atoms with Gasteiger partial charge in [-0.3, -0.25) is 9.59 Å². The Balaban J connectivity index is 2.26. The van der Waals surface area contributed by atoms with Crippen LogP contribution in [0.15, 0.2) is 24.3 Å². The Kier molecular flexibility index (Phi) is 5.16. The predicted octanol–water partition coefficient (Wildman–Crippen LogP) is 2.96. The molecule has 0 unspecified atom stereocenters. The second-order valence-electron chi connectivity index (χ2n) is 6.02. The highest BCUT2D eigenvalue weighted by molar-refractivity contribution is 5.88. The van der Waals surface area contributed by atoms with Gasteiger partial charge < -0.3 is 10.0 Å². The average Bonchev–Trinajstić information content (AvgIpc) is 2.53. The zero-order chi connectivity index (χ0) is 16.2. The molecule has 4 nitrogen and oxygen atoms in total. The van der Waals surface area contributed by atoms with E-state index in [2.05, 4.69) is 0 Å². The maximum Gasteiger partial charge on any atom is 0.305 e. The molecule has 22 heavy (non-hydrogen) atoms. The number of likely N-dealkylation sites (N-methyl/N-ethyl adjacent to an activating group) is 1. The molecule has 0 aliphatic heterocycles. The van der Waals surface area contributed by atoms with Gasteiger partial charge in [-0.15, -0.1) is 0 Å². The SMILES string of the molecule is CN(CCC(=O)O)C(=O)C1(c2ccc(F)cc2)CCCCC1. The third kappa shape index (κ3) is 3.46. The minimum absolute atomic E-state index is 0.0555. The standard InChI is InChI=1S/C17H22FNO3/c1-19(12-9-15(20)21)16(22)17(10-3-2-4-11-17)13-5-7-14(18)8-6-13/h5-8H,2-4,9-12H2,1H3,(H,20,21). The van der Waals surface area contributed by atoms with Gasteiger partial charge in [0.1, 0.15) is 5.82 Å². The van der Waals surface area contributed by atoms with Gasteiger partial charge in [-0.1, -0.05) is 31.4 Å². The lowest BCUT2D eigenvalue weighted by molar-refractivity contribution is -0.140. The van der Waals surface area contributed by atoms with Gasteiger partial charge in [-0.2, -0.15) is 0 Å². The molecule has 1 aromatic rings. The van der Waals surface area contributed by atoms with Gasteiger partial charge in [0, 0.05) is 13.6 Å². The number of nitrogens with zero attached hydrogens (tertiary/aromatic N) is 1. The number of carboxylic acids is 1. The molecule has 1 aliphatic carbocycles. The van der Waals surface area contributed by atoms with Gasteiger partial charge in [-0.05, 0) is 30.5 Å². The molecule has 120 valence electrons. The van der Waals surface area contributed by atoms with Crippen LogP contribution in [-0.4, -0.2) is 35.5 Å². The molecule has 1 fully saturated rings. The van der Waals surface area contributed by atoms with Crippen LogP contribution in [0.5, 0.6) is 0 Å². The van der Waals surface area contributed by atoms with Gasteiger partial charge >= 0.3 is 5.97 Å². The summed E-state index contributed by atoms with van der Waals surface area (Å²) in [4.78, 5) is 25.2. The quantitative estimate of drug-likeness (QED) is 0.910.